The second kappa shape index (κ2) is 7.88. The molecule has 0 spiro atoms. The summed E-state index contributed by atoms with van der Waals surface area (Å²) in [6, 6.07) is 1.81. The summed E-state index contributed by atoms with van der Waals surface area (Å²) >= 11 is 6.89. The quantitative estimate of drug-likeness (QED) is 0.376. The first kappa shape index (κ1) is 19.5. The van der Waals surface area contributed by atoms with Gasteiger partial charge in [0, 0.05) is 30.1 Å². The standard InChI is InChI=1S/C18H17ClN6O3S/c1-28-25-15(16(27)22-14-7-11(23-24-14)10-3-4-10)12-9-20-17(29-12)18(13(26)8-19)5-2-6-21-18/h2,5-7,9-10H,3-4,8H2,1H3,(H2,22,23,24,27). The highest BCUT2D eigenvalue weighted by Gasteiger charge is 2.41. The van der Waals surface area contributed by atoms with Crippen molar-refractivity contribution in [3.63, 3.8) is 0 Å². The van der Waals surface area contributed by atoms with Crippen LogP contribution in [0.3, 0.4) is 0 Å². The van der Waals surface area contributed by atoms with Gasteiger partial charge in [-0.15, -0.1) is 22.9 Å². The number of halogens is 1. The Bertz CT molecular complexity index is 1020. The Morgan fingerprint density at radius 2 is 2.31 bits per heavy atom. The van der Waals surface area contributed by atoms with Crippen LogP contribution in [0.4, 0.5) is 5.82 Å². The smallest absolute Gasteiger partial charge is 0.280 e. The Labute approximate surface area is 174 Å². The van der Waals surface area contributed by atoms with E-state index in [4.69, 9.17) is 16.4 Å². The fraction of sp³-hybridized carbons (Fsp3) is 0.333. The first-order valence-electron chi connectivity index (χ1n) is 8.84. The number of aliphatic imine (C=N–C) groups is 1. The minimum absolute atomic E-state index is 0.0200. The number of nitrogens with zero attached hydrogens (tertiary/aromatic N) is 4. The van der Waals surface area contributed by atoms with Crippen molar-refractivity contribution in [1.29, 1.82) is 0 Å². The molecule has 0 aromatic carbocycles. The number of allylic oxidation sites excluding steroid dienone is 1. The van der Waals surface area contributed by atoms with E-state index in [-0.39, 0.29) is 17.4 Å². The average molecular weight is 433 g/mol. The Balaban J connectivity index is 1.58. The number of hydrogen-bond acceptors (Lipinski definition) is 8. The van der Waals surface area contributed by atoms with Gasteiger partial charge in [-0.1, -0.05) is 5.16 Å². The molecule has 1 amide bonds. The van der Waals surface area contributed by atoms with Gasteiger partial charge >= 0.3 is 0 Å². The van der Waals surface area contributed by atoms with Crippen molar-refractivity contribution in [2.24, 2.45) is 10.1 Å². The van der Waals surface area contributed by atoms with Crippen molar-refractivity contribution >= 4 is 52.4 Å². The number of hydrogen-bond donors (Lipinski definition) is 2. The van der Waals surface area contributed by atoms with Gasteiger partial charge in [0.1, 0.15) is 12.1 Å². The SMILES string of the molecule is CON=C(C(=O)Nc1cc(C2CC2)[nH]n1)c1cnc(C2(C(=O)CCl)C=CC=N2)s1. The van der Waals surface area contributed by atoms with E-state index < -0.39 is 11.4 Å². The molecule has 0 radical (unpaired) electrons. The van der Waals surface area contributed by atoms with Crippen LogP contribution in [0.5, 0.6) is 0 Å². The molecule has 2 aromatic rings. The highest BCUT2D eigenvalue weighted by molar-refractivity contribution is 7.15. The number of aromatic amines is 1. The van der Waals surface area contributed by atoms with Crippen LogP contribution in [-0.4, -0.2) is 51.8 Å². The first-order chi connectivity index (χ1) is 14.1. The summed E-state index contributed by atoms with van der Waals surface area (Å²) in [5.74, 6) is -0.121. The van der Waals surface area contributed by atoms with E-state index in [9.17, 15) is 9.59 Å². The van der Waals surface area contributed by atoms with Crippen molar-refractivity contribution < 1.29 is 14.4 Å². The van der Waals surface area contributed by atoms with E-state index in [1.807, 2.05) is 6.07 Å². The minimum atomic E-state index is -1.26. The van der Waals surface area contributed by atoms with Crippen LogP contribution in [0.2, 0.25) is 0 Å². The number of Topliss-reactive ketones (excluding diaryl/α,β-unsaturated/α-hetero) is 1. The summed E-state index contributed by atoms with van der Waals surface area (Å²) in [5, 5.41) is 14.0. The summed E-state index contributed by atoms with van der Waals surface area (Å²) in [6.07, 6.45) is 8.53. The summed E-state index contributed by atoms with van der Waals surface area (Å²) in [4.78, 5) is 39.0. The van der Waals surface area contributed by atoms with Gasteiger partial charge in [0.25, 0.3) is 5.91 Å². The summed E-state index contributed by atoms with van der Waals surface area (Å²) < 4.78 is 0. The number of aromatic nitrogens is 3. The Morgan fingerprint density at radius 1 is 1.48 bits per heavy atom. The summed E-state index contributed by atoms with van der Waals surface area (Å²) in [7, 11) is 1.34. The molecule has 1 saturated carbocycles. The van der Waals surface area contributed by atoms with Gasteiger partial charge in [-0.05, 0) is 25.0 Å². The zero-order valence-corrected chi connectivity index (χ0v) is 17.0. The van der Waals surface area contributed by atoms with E-state index in [0.29, 0.717) is 21.6 Å². The van der Waals surface area contributed by atoms with E-state index in [1.165, 1.54) is 19.5 Å². The Morgan fingerprint density at radius 3 is 2.97 bits per heavy atom. The fourth-order valence-corrected chi connectivity index (χ4v) is 4.17. The maximum atomic E-state index is 12.8. The predicted molar refractivity (Wildman–Crippen MR) is 110 cm³/mol. The van der Waals surface area contributed by atoms with E-state index in [1.54, 1.807) is 12.2 Å². The number of thiazole rings is 1. The van der Waals surface area contributed by atoms with E-state index in [0.717, 1.165) is 29.9 Å². The number of carbonyl (C=O) groups excluding carboxylic acids is 2. The molecule has 4 rings (SSSR count). The minimum Gasteiger partial charge on any atom is -0.398 e. The van der Waals surface area contributed by atoms with Crippen molar-refractivity contribution in [1.82, 2.24) is 15.2 Å². The number of rotatable bonds is 8. The topological polar surface area (TPSA) is 122 Å². The van der Waals surface area contributed by atoms with Gasteiger partial charge in [-0.25, -0.2) is 4.98 Å². The molecule has 2 aliphatic rings. The zero-order valence-electron chi connectivity index (χ0n) is 15.4. The number of carbonyl (C=O) groups is 2. The average Bonchev–Trinajstić information content (AvgIpc) is 3.14. The number of nitrogens with one attached hydrogen (secondary N) is 2. The van der Waals surface area contributed by atoms with Crippen LogP contribution < -0.4 is 5.32 Å². The van der Waals surface area contributed by atoms with Gasteiger partial charge in [0.05, 0.1) is 10.8 Å². The molecule has 1 fully saturated rings. The second-order valence-corrected chi connectivity index (χ2v) is 7.85. The summed E-state index contributed by atoms with van der Waals surface area (Å²) in [6.45, 7) is 0. The molecule has 150 valence electrons. The fourth-order valence-electron chi connectivity index (χ4n) is 2.93. The van der Waals surface area contributed by atoms with Crippen LogP contribution in [0.15, 0.2) is 34.6 Å². The molecular formula is C18H17ClN6O3S. The van der Waals surface area contributed by atoms with Gasteiger partial charge in [-0.3, -0.25) is 19.7 Å². The number of alkyl halides is 1. The van der Waals surface area contributed by atoms with Crippen molar-refractivity contribution in [3.05, 3.63) is 40.0 Å². The predicted octanol–water partition coefficient (Wildman–Crippen LogP) is 2.38. The molecule has 1 atom stereocenters. The zero-order chi connectivity index (χ0) is 20.4. The van der Waals surface area contributed by atoms with Crippen molar-refractivity contribution in [2.45, 2.75) is 24.3 Å². The monoisotopic (exact) mass is 432 g/mol. The molecule has 29 heavy (non-hydrogen) atoms. The van der Waals surface area contributed by atoms with Crippen LogP contribution in [0.25, 0.3) is 0 Å². The number of H-pyrrole nitrogens is 1. The molecule has 0 bridgehead atoms. The molecule has 1 aliphatic carbocycles. The van der Waals surface area contributed by atoms with Gasteiger partial charge in [0.2, 0.25) is 0 Å². The largest absolute Gasteiger partial charge is 0.398 e. The van der Waals surface area contributed by atoms with Gasteiger partial charge < -0.3 is 10.2 Å². The molecule has 2 N–H and O–H groups in total. The molecule has 1 unspecified atom stereocenters. The molecule has 9 nitrogen and oxygen atoms in total. The number of anilines is 1. The van der Waals surface area contributed by atoms with Gasteiger partial charge in [0.15, 0.2) is 22.9 Å². The second-order valence-electron chi connectivity index (χ2n) is 6.55. The number of amides is 1. The van der Waals surface area contributed by atoms with Crippen LogP contribution >= 0.6 is 22.9 Å². The molecular weight excluding hydrogens is 416 g/mol. The third kappa shape index (κ3) is 3.73. The normalized spacial score (nSPS) is 20.8. The van der Waals surface area contributed by atoms with Crippen LogP contribution in [0, 0.1) is 0 Å². The van der Waals surface area contributed by atoms with Crippen molar-refractivity contribution in [2.75, 3.05) is 18.3 Å². The Kier molecular flexibility index (Phi) is 5.29. The van der Waals surface area contributed by atoms with Crippen LogP contribution in [-0.2, 0) is 20.0 Å². The lowest BCUT2D eigenvalue weighted by Crippen LogP contribution is -2.31. The molecule has 1 aliphatic heterocycles. The summed E-state index contributed by atoms with van der Waals surface area (Å²) in [5.41, 5.74) is -0.245. The molecule has 3 heterocycles. The lowest BCUT2D eigenvalue weighted by Gasteiger charge is -2.18. The van der Waals surface area contributed by atoms with E-state index >= 15 is 0 Å². The molecule has 11 heteroatoms. The van der Waals surface area contributed by atoms with E-state index in [2.05, 4.69) is 30.6 Å². The highest BCUT2D eigenvalue weighted by Crippen LogP contribution is 2.39. The maximum Gasteiger partial charge on any atom is 0.280 e. The lowest BCUT2D eigenvalue weighted by atomic mass is 9.97. The third-order valence-corrected chi connectivity index (χ3v) is 5.94. The third-order valence-electron chi connectivity index (χ3n) is 4.57. The van der Waals surface area contributed by atoms with Gasteiger partial charge in [-0.2, -0.15) is 5.10 Å². The number of oxime groups is 1. The van der Waals surface area contributed by atoms with Crippen LogP contribution in [0.1, 0.15) is 34.3 Å². The molecule has 0 saturated heterocycles. The van der Waals surface area contributed by atoms with Crippen molar-refractivity contribution in [3.8, 4) is 0 Å². The first-order valence-corrected chi connectivity index (χ1v) is 10.2. The molecule has 2 aromatic heterocycles. The highest BCUT2D eigenvalue weighted by atomic mass is 35.5. The Hall–Kier alpha value is -2.85. The number of ketones is 1. The maximum absolute atomic E-state index is 12.8. The lowest BCUT2D eigenvalue weighted by molar-refractivity contribution is -0.120.